The smallest absolute Gasteiger partial charge is 0.261 e. The molecule has 3 N–H and O–H groups in total. The van der Waals surface area contributed by atoms with Gasteiger partial charge in [-0.2, -0.15) is 0 Å². The minimum Gasteiger partial charge on any atom is -0.375 e. The van der Waals surface area contributed by atoms with Gasteiger partial charge in [-0.3, -0.25) is 9.69 Å². The van der Waals surface area contributed by atoms with E-state index in [-0.39, 0.29) is 5.91 Å². The van der Waals surface area contributed by atoms with Crippen molar-refractivity contribution in [3.05, 3.63) is 32.5 Å². The number of rotatable bonds is 5. The third-order valence-electron chi connectivity index (χ3n) is 5.42. The highest BCUT2D eigenvalue weighted by Gasteiger charge is 2.23. The molecule has 1 fully saturated rings. The molecule has 1 saturated heterocycles. The van der Waals surface area contributed by atoms with Crippen LogP contribution in [-0.2, 0) is 19.4 Å². The van der Waals surface area contributed by atoms with Crippen LogP contribution in [0.3, 0.4) is 0 Å². The number of hydrogen-bond donors (Lipinski definition) is 2. The highest BCUT2D eigenvalue weighted by atomic mass is 32.1. The van der Waals surface area contributed by atoms with Crippen molar-refractivity contribution >= 4 is 33.7 Å². The first-order chi connectivity index (χ1) is 12.7. The van der Waals surface area contributed by atoms with Crippen LogP contribution in [-0.4, -0.2) is 35.4 Å². The second kappa shape index (κ2) is 8.06. The summed E-state index contributed by atoms with van der Waals surface area (Å²) in [4.78, 5) is 21.4. The molecule has 140 valence electrons. The maximum atomic E-state index is 12.7. The van der Waals surface area contributed by atoms with Gasteiger partial charge in [-0.1, -0.05) is 0 Å². The number of nitrogens with zero attached hydrogens (tertiary/aromatic N) is 2. The van der Waals surface area contributed by atoms with Gasteiger partial charge in [0.15, 0.2) is 5.13 Å². The first kappa shape index (κ1) is 17.9. The van der Waals surface area contributed by atoms with E-state index in [0.717, 1.165) is 43.9 Å². The minimum atomic E-state index is 0.130. The molecule has 2 aromatic heterocycles. The van der Waals surface area contributed by atoms with Crippen molar-refractivity contribution in [1.82, 2.24) is 15.2 Å². The molecule has 5 nitrogen and oxygen atoms in total. The number of nitrogens with two attached hydrogens (primary N) is 1. The molecule has 0 saturated carbocycles. The van der Waals surface area contributed by atoms with Crippen molar-refractivity contribution in [2.75, 3.05) is 25.4 Å². The summed E-state index contributed by atoms with van der Waals surface area (Å²) in [5.41, 5.74) is 8.44. The lowest BCUT2D eigenvalue weighted by molar-refractivity contribution is 0.0934. The Balaban J connectivity index is 1.30. The molecule has 2 aromatic rings. The van der Waals surface area contributed by atoms with Crippen molar-refractivity contribution in [3.8, 4) is 0 Å². The lowest BCUT2D eigenvalue weighted by atomic mass is 9.93. The van der Waals surface area contributed by atoms with Crippen molar-refractivity contribution in [2.24, 2.45) is 5.92 Å². The van der Waals surface area contributed by atoms with Gasteiger partial charge in [-0.15, -0.1) is 22.7 Å². The number of carbonyl (C=O) groups excluding carboxylic acids is 1. The number of nitrogens with one attached hydrogen (secondary N) is 1. The van der Waals surface area contributed by atoms with Crippen LogP contribution in [0.1, 0.15) is 51.4 Å². The van der Waals surface area contributed by atoms with E-state index >= 15 is 0 Å². The SMILES string of the molecule is Nc1ncc(CN2CCCC(CNC(=O)c3scc4c3CCCC4)C2)s1. The Morgan fingerprint density at radius 2 is 2.23 bits per heavy atom. The summed E-state index contributed by atoms with van der Waals surface area (Å²) in [5.74, 6) is 0.652. The molecular formula is C19H26N4OS2. The summed E-state index contributed by atoms with van der Waals surface area (Å²) in [6.07, 6.45) is 8.92. The number of likely N-dealkylation sites (tertiary alicyclic amines) is 1. The number of thiophene rings is 1. The Bertz CT molecular complexity index is 769. The highest BCUT2D eigenvalue weighted by molar-refractivity contribution is 7.15. The van der Waals surface area contributed by atoms with Crippen LogP contribution in [0.2, 0.25) is 0 Å². The molecule has 4 rings (SSSR count). The van der Waals surface area contributed by atoms with E-state index in [1.165, 1.54) is 41.7 Å². The summed E-state index contributed by atoms with van der Waals surface area (Å²) >= 11 is 3.19. The lowest BCUT2D eigenvalue weighted by Crippen LogP contribution is -2.40. The van der Waals surface area contributed by atoms with E-state index < -0.39 is 0 Å². The second-order valence-corrected chi connectivity index (χ2v) is 9.42. The van der Waals surface area contributed by atoms with Crippen LogP contribution in [0.15, 0.2) is 11.6 Å². The predicted octanol–water partition coefficient (Wildman–Crippen LogP) is 3.31. The highest BCUT2D eigenvalue weighted by Crippen LogP contribution is 2.30. The average Bonchev–Trinajstić information content (AvgIpc) is 3.26. The number of piperidine rings is 1. The van der Waals surface area contributed by atoms with Crippen LogP contribution < -0.4 is 11.1 Å². The number of carbonyl (C=O) groups is 1. The van der Waals surface area contributed by atoms with E-state index in [1.807, 2.05) is 6.20 Å². The van der Waals surface area contributed by atoms with Gasteiger partial charge >= 0.3 is 0 Å². The molecule has 7 heteroatoms. The summed E-state index contributed by atoms with van der Waals surface area (Å²) < 4.78 is 0. The van der Waals surface area contributed by atoms with E-state index in [4.69, 9.17) is 5.73 Å². The number of amides is 1. The van der Waals surface area contributed by atoms with E-state index in [1.54, 1.807) is 22.7 Å². The Morgan fingerprint density at radius 3 is 3.08 bits per heavy atom. The molecule has 0 spiro atoms. The zero-order chi connectivity index (χ0) is 17.9. The number of anilines is 1. The maximum absolute atomic E-state index is 12.7. The van der Waals surface area contributed by atoms with E-state index in [9.17, 15) is 4.79 Å². The molecule has 1 aliphatic carbocycles. The van der Waals surface area contributed by atoms with Gasteiger partial charge < -0.3 is 11.1 Å². The number of nitrogen functional groups attached to an aromatic ring is 1. The molecule has 1 amide bonds. The Hall–Kier alpha value is -1.44. The van der Waals surface area contributed by atoms with Gasteiger partial charge in [-0.05, 0) is 67.5 Å². The first-order valence-electron chi connectivity index (χ1n) is 9.49. The molecule has 0 aromatic carbocycles. The van der Waals surface area contributed by atoms with E-state index in [0.29, 0.717) is 11.0 Å². The fraction of sp³-hybridized carbons (Fsp3) is 0.579. The minimum absolute atomic E-state index is 0.130. The van der Waals surface area contributed by atoms with Gasteiger partial charge in [0, 0.05) is 30.7 Å². The monoisotopic (exact) mass is 390 g/mol. The van der Waals surface area contributed by atoms with Crippen LogP contribution >= 0.6 is 22.7 Å². The van der Waals surface area contributed by atoms with Crippen molar-refractivity contribution < 1.29 is 4.79 Å². The summed E-state index contributed by atoms with van der Waals surface area (Å²) in [5, 5.41) is 6.03. The van der Waals surface area contributed by atoms with Crippen LogP contribution in [0.25, 0.3) is 0 Å². The summed E-state index contributed by atoms with van der Waals surface area (Å²) in [6.45, 7) is 3.83. The average molecular weight is 391 g/mol. The number of aromatic nitrogens is 1. The Kier molecular flexibility index (Phi) is 5.57. The Morgan fingerprint density at radius 1 is 1.35 bits per heavy atom. The van der Waals surface area contributed by atoms with Crippen molar-refractivity contribution in [3.63, 3.8) is 0 Å². The van der Waals surface area contributed by atoms with Gasteiger partial charge in [0.25, 0.3) is 5.91 Å². The number of fused-ring (bicyclic) bond motifs is 1. The second-order valence-electron chi connectivity index (χ2n) is 7.39. The summed E-state index contributed by atoms with van der Waals surface area (Å²) in [7, 11) is 0. The molecule has 0 bridgehead atoms. The normalized spacial score (nSPS) is 20.7. The third kappa shape index (κ3) is 4.10. The topological polar surface area (TPSA) is 71.2 Å². The van der Waals surface area contributed by atoms with Gasteiger partial charge in [0.1, 0.15) is 0 Å². The number of aryl methyl sites for hydroxylation is 1. The van der Waals surface area contributed by atoms with Crippen LogP contribution in [0, 0.1) is 5.92 Å². The molecule has 1 aliphatic heterocycles. The van der Waals surface area contributed by atoms with Crippen LogP contribution in [0.4, 0.5) is 5.13 Å². The zero-order valence-corrected chi connectivity index (χ0v) is 16.6. The fourth-order valence-electron chi connectivity index (χ4n) is 4.10. The fourth-order valence-corrected chi connectivity index (χ4v) is 5.91. The summed E-state index contributed by atoms with van der Waals surface area (Å²) in [6, 6.07) is 0. The van der Waals surface area contributed by atoms with Gasteiger partial charge in [0.05, 0.1) is 4.88 Å². The standard InChI is InChI=1S/C19H26N4OS2/c20-19-22-9-15(26-19)11-23-7-3-4-13(10-23)8-21-18(24)17-16-6-2-1-5-14(16)12-25-17/h9,12-13H,1-8,10-11H2,(H2,20,22)(H,21,24). The van der Waals surface area contributed by atoms with Gasteiger partial charge in [0.2, 0.25) is 0 Å². The first-order valence-corrected chi connectivity index (χ1v) is 11.2. The molecule has 1 atom stereocenters. The molecule has 26 heavy (non-hydrogen) atoms. The quantitative estimate of drug-likeness (QED) is 0.822. The Labute approximate surface area is 162 Å². The number of hydrogen-bond acceptors (Lipinski definition) is 6. The lowest BCUT2D eigenvalue weighted by Gasteiger charge is -2.32. The van der Waals surface area contributed by atoms with Crippen LogP contribution in [0.5, 0.6) is 0 Å². The molecule has 1 unspecified atom stereocenters. The van der Waals surface area contributed by atoms with Crippen molar-refractivity contribution in [1.29, 1.82) is 0 Å². The molecule has 0 radical (unpaired) electrons. The predicted molar refractivity (Wildman–Crippen MR) is 108 cm³/mol. The molecule has 3 heterocycles. The van der Waals surface area contributed by atoms with Crippen molar-refractivity contribution in [2.45, 2.75) is 45.1 Å². The van der Waals surface area contributed by atoms with E-state index in [2.05, 4.69) is 20.6 Å². The third-order valence-corrected chi connectivity index (χ3v) is 7.30. The van der Waals surface area contributed by atoms with Gasteiger partial charge in [-0.25, -0.2) is 4.98 Å². The largest absolute Gasteiger partial charge is 0.375 e. The molecule has 2 aliphatic rings. The maximum Gasteiger partial charge on any atom is 0.261 e. The number of thiazole rings is 1. The molecular weight excluding hydrogens is 364 g/mol. The zero-order valence-electron chi connectivity index (χ0n) is 15.0.